The fourth-order valence-electron chi connectivity index (χ4n) is 2.96. The van der Waals surface area contributed by atoms with Gasteiger partial charge in [0, 0.05) is 10.0 Å². The molecule has 0 bridgehead atoms. The zero-order valence-corrected chi connectivity index (χ0v) is 16.5. The number of rotatable bonds is 3. The summed E-state index contributed by atoms with van der Waals surface area (Å²) in [6, 6.07) is 19.6. The Kier molecular flexibility index (Phi) is 4.84. The molecule has 0 atom stereocenters. The van der Waals surface area contributed by atoms with E-state index in [1.165, 1.54) is 0 Å². The van der Waals surface area contributed by atoms with Crippen molar-refractivity contribution in [3.63, 3.8) is 0 Å². The van der Waals surface area contributed by atoms with Crippen LogP contribution in [0.15, 0.2) is 77.0 Å². The lowest BCUT2D eigenvalue weighted by Gasteiger charge is -2.10. The number of ketones is 1. The number of esters is 1. The summed E-state index contributed by atoms with van der Waals surface area (Å²) in [5, 5.41) is 0. The Morgan fingerprint density at radius 1 is 1.04 bits per heavy atom. The molecule has 3 aromatic carbocycles. The minimum absolute atomic E-state index is 0.195. The first-order valence-corrected chi connectivity index (χ1v) is 9.43. The highest BCUT2D eigenvalue weighted by Crippen LogP contribution is 2.39. The summed E-state index contributed by atoms with van der Waals surface area (Å²) in [7, 11) is 0. The highest BCUT2D eigenvalue weighted by atomic mass is 79.9. The molecule has 0 N–H and O–H groups in total. The topological polar surface area (TPSA) is 52.6 Å². The zero-order chi connectivity index (χ0) is 19.7. The number of benzene rings is 3. The second-order valence-corrected chi connectivity index (χ2v) is 7.23. The average molecular weight is 435 g/mol. The molecule has 0 aliphatic carbocycles. The van der Waals surface area contributed by atoms with Gasteiger partial charge in [0.15, 0.2) is 5.76 Å². The van der Waals surface area contributed by atoms with Gasteiger partial charge in [0.1, 0.15) is 11.5 Å². The number of carbonyl (C=O) groups is 2. The molecular formula is C23H15BrO4. The van der Waals surface area contributed by atoms with Gasteiger partial charge in [-0.15, -0.1) is 0 Å². The molecule has 3 aromatic rings. The highest BCUT2D eigenvalue weighted by molar-refractivity contribution is 9.10. The van der Waals surface area contributed by atoms with Crippen LogP contribution in [0.3, 0.4) is 0 Å². The monoisotopic (exact) mass is 434 g/mol. The van der Waals surface area contributed by atoms with Crippen molar-refractivity contribution < 1.29 is 19.1 Å². The lowest BCUT2D eigenvalue weighted by molar-refractivity contribution is 0.0733. The van der Waals surface area contributed by atoms with E-state index in [1.54, 1.807) is 49.4 Å². The van der Waals surface area contributed by atoms with Crippen molar-refractivity contribution >= 4 is 33.8 Å². The minimum atomic E-state index is -0.460. The van der Waals surface area contributed by atoms with E-state index >= 15 is 0 Å². The average Bonchev–Trinajstić information content (AvgIpc) is 3.01. The third-order valence-electron chi connectivity index (χ3n) is 4.40. The molecule has 1 heterocycles. The summed E-state index contributed by atoms with van der Waals surface area (Å²) < 4.78 is 12.2. The third-order valence-corrected chi connectivity index (χ3v) is 4.89. The SMILES string of the molecule is Cc1c(OC(=O)c2ccccc2)ccc2c1O/C(=C\c1cccc(Br)c1)C2=O. The Bertz CT molecular complexity index is 1120. The van der Waals surface area contributed by atoms with Crippen LogP contribution in [0.25, 0.3) is 6.08 Å². The number of fused-ring (bicyclic) bond motifs is 1. The van der Waals surface area contributed by atoms with E-state index in [2.05, 4.69) is 15.9 Å². The van der Waals surface area contributed by atoms with Crippen molar-refractivity contribution in [1.82, 2.24) is 0 Å². The molecule has 0 fully saturated rings. The molecule has 1 aliphatic heterocycles. The van der Waals surface area contributed by atoms with Crippen LogP contribution in [0.4, 0.5) is 0 Å². The lowest BCUT2D eigenvalue weighted by Crippen LogP contribution is -2.09. The molecule has 0 spiro atoms. The molecule has 1 aliphatic rings. The second kappa shape index (κ2) is 7.44. The van der Waals surface area contributed by atoms with E-state index < -0.39 is 5.97 Å². The molecule has 138 valence electrons. The number of hydrogen-bond donors (Lipinski definition) is 0. The number of carbonyl (C=O) groups excluding carboxylic acids is 2. The molecule has 5 heteroatoms. The van der Waals surface area contributed by atoms with Gasteiger partial charge in [-0.3, -0.25) is 4.79 Å². The second-order valence-electron chi connectivity index (χ2n) is 6.32. The maximum atomic E-state index is 12.7. The molecule has 0 saturated heterocycles. The summed E-state index contributed by atoms with van der Waals surface area (Å²) in [6.45, 7) is 1.77. The first kappa shape index (κ1) is 18.2. The predicted molar refractivity (Wildman–Crippen MR) is 110 cm³/mol. The van der Waals surface area contributed by atoms with Crippen LogP contribution in [-0.4, -0.2) is 11.8 Å². The Hall–Kier alpha value is -3.18. The first-order chi connectivity index (χ1) is 13.5. The van der Waals surface area contributed by atoms with E-state index in [4.69, 9.17) is 9.47 Å². The maximum absolute atomic E-state index is 12.7. The summed E-state index contributed by atoms with van der Waals surface area (Å²) >= 11 is 3.41. The molecule has 4 rings (SSSR count). The summed E-state index contributed by atoms with van der Waals surface area (Å²) in [5.41, 5.74) is 2.36. The van der Waals surface area contributed by atoms with Gasteiger partial charge in [0.25, 0.3) is 0 Å². The summed E-state index contributed by atoms with van der Waals surface area (Å²) in [5.74, 6) is 0.369. The molecule has 0 amide bonds. The number of hydrogen-bond acceptors (Lipinski definition) is 4. The molecule has 0 radical (unpaired) electrons. The Balaban J connectivity index is 1.63. The van der Waals surface area contributed by atoms with Gasteiger partial charge in [0.05, 0.1) is 11.1 Å². The van der Waals surface area contributed by atoms with Gasteiger partial charge in [-0.2, -0.15) is 0 Å². The van der Waals surface area contributed by atoms with Gasteiger partial charge in [-0.25, -0.2) is 4.79 Å². The fraction of sp³-hybridized carbons (Fsp3) is 0.0435. The largest absolute Gasteiger partial charge is 0.452 e. The predicted octanol–water partition coefficient (Wildman–Crippen LogP) is 5.59. The Morgan fingerprint density at radius 2 is 1.82 bits per heavy atom. The molecular weight excluding hydrogens is 420 g/mol. The van der Waals surface area contributed by atoms with E-state index in [0.717, 1.165) is 10.0 Å². The summed E-state index contributed by atoms with van der Waals surface area (Å²) in [4.78, 5) is 25.0. The zero-order valence-electron chi connectivity index (χ0n) is 14.9. The Labute approximate surface area is 170 Å². The standard InChI is InChI=1S/C23H15BrO4/c1-14-19(28-23(26)16-7-3-2-4-8-16)11-10-18-21(25)20(27-22(14)18)13-15-6-5-9-17(24)12-15/h2-13H,1H3/b20-13-. The first-order valence-electron chi connectivity index (χ1n) is 8.63. The van der Waals surface area contributed by atoms with Crippen LogP contribution in [0.1, 0.15) is 31.8 Å². The van der Waals surface area contributed by atoms with Crippen molar-refractivity contribution in [3.05, 3.63) is 99.2 Å². The van der Waals surface area contributed by atoms with Gasteiger partial charge >= 0.3 is 5.97 Å². The molecule has 28 heavy (non-hydrogen) atoms. The van der Waals surface area contributed by atoms with Gasteiger partial charge in [0.2, 0.25) is 5.78 Å². The van der Waals surface area contributed by atoms with Gasteiger partial charge < -0.3 is 9.47 Å². The van der Waals surface area contributed by atoms with Crippen molar-refractivity contribution in [2.45, 2.75) is 6.92 Å². The number of halogens is 1. The van der Waals surface area contributed by atoms with E-state index in [9.17, 15) is 9.59 Å². The molecule has 4 nitrogen and oxygen atoms in total. The summed E-state index contributed by atoms with van der Waals surface area (Å²) in [6.07, 6.45) is 1.70. The van der Waals surface area contributed by atoms with E-state index in [-0.39, 0.29) is 11.5 Å². The van der Waals surface area contributed by atoms with Crippen LogP contribution < -0.4 is 9.47 Å². The number of allylic oxidation sites excluding steroid dienone is 1. The third kappa shape index (κ3) is 3.49. The molecule has 0 saturated carbocycles. The van der Waals surface area contributed by atoms with Crippen LogP contribution >= 0.6 is 15.9 Å². The lowest BCUT2D eigenvalue weighted by atomic mass is 10.1. The van der Waals surface area contributed by atoms with Crippen LogP contribution in [0.5, 0.6) is 11.5 Å². The highest BCUT2D eigenvalue weighted by Gasteiger charge is 2.30. The molecule has 0 unspecified atom stereocenters. The van der Waals surface area contributed by atoms with Gasteiger partial charge in [-0.1, -0.05) is 46.3 Å². The number of Topliss-reactive ketones (excluding diaryl/α,β-unsaturated/α-hetero) is 1. The van der Waals surface area contributed by atoms with Crippen molar-refractivity contribution in [1.29, 1.82) is 0 Å². The van der Waals surface area contributed by atoms with Crippen LogP contribution in [0.2, 0.25) is 0 Å². The van der Waals surface area contributed by atoms with Crippen molar-refractivity contribution in [3.8, 4) is 11.5 Å². The van der Waals surface area contributed by atoms with Crippen LogP contribution in [-0.2, 0) is 0 Å². The smallest absolute Gasteiger partial charge is 0.343 e. The fourth-order valence-corrected chi connectivity index (χ4v) is 3.38. The van der Waals surface area contributed by atoms with Crippen molar-refractivity contribution in [2.75, 3.05) is 0 Å². The Morgan fingerprint density at radius 3 is 2.57 bits per heavy atom. The van der Waals surface area contributed by atoms with Gasteiger partial charge in [-0.05, 0) is 55.0 Å². The quantitative estimate of drug-likeness (QED) is 0.306. The van der Waals surface area contributed by atoms with Crippen molar-refractivity contribution in [2.24, 2.45) is 0 Å². The van der Waals surface area contributed by atoms with Crippen LogP contribution in [0, 0.1) is 6.92 Å². The normalized spacial score (nSPS) is 13.9. The van der Waals surface area contributed by atoms with E-state index in [1.807, 2.05) is 30.3 Å². The maximum Gasteiger partial charge on any atom is 0.343 e. The number of ether oxygens (including phenoxy) is 2. The minimum Gasteiger partial charge on any atom is -0.452 e. The van der Waals surface area contributed by atoms with E-state index in [0.29, 0.717) is 28.2 Å². The molecule has 0 aromatic heterocycles.